The third-order valence-electron chi connectivity index (χ3n) is 3.12. The standard InChI is InChI=1S/C16H13FN4O/c17-15-4-2-1-3-13(15)10-21-11-14(9-19-21)20-16(22)12-5-7-18-8-6-12/h1-9,11H,10H2,(H,20,22). The van der Waals surface area contributed by atoms with Crippen molar-refractivity contribution in [2.75, 3.05) is 5.32 Å². The Morgan fingerprint density at radius 3 is 2.73 bits per heavy atom. The second-order valence-corrected chi connectivity index (χ2v) is 4.71. The molecule has 1 amide bonds. The van der Waals surface area contributed by atoms with Gasteiger partial charge in [0.15, 0.2) is 0 Å². The number of anilines is 1. The van der Waals surface area contributed by atoms with Gasteiger partial charge in [-0.15, -0.1) is 0 Å². The number of pyridine rings is 1. The summed E-state index contributed by atoms with van der Waals surface area (Å²) in [7, 11) is 0. The highest BCUT2D eigenvalue weighted by Gasteiger charge is 2.08. The number of hydrogen-bond acceptors (Lipinski definition) is 3. The van der Waals surface area contributed by atoms with E-state index in [9.17, 15) is 9.18 Å². The molecule has 6 heteroatoms. The molecule has 5 nitrogen and oxygen atoms in total. The van der Waals surface area contributed by atoms with Crippen LogP contribution in [0.15, 0.2) is 61.2 Å². The van der Waals surface area contributed by atoms with E-state index in [-0.39, 0.29) is 11.7 Å². The molecule has 1 aromatic carbocycles. The van der Waals surface area contributed by atoms with Crippen LogP contribution < -0.4 is 5.32 Å². The lowest BCUT2D eigenvalue weighted by Gasteiger charge is -2.03. The summed E-state index contributed by atoms with van der Waals surface area (Å²) in [5.41, 5.74) is 1.60. The lowest BCUT2D eigenvalue weighted by atomic mass is 10.2. The average molecular weight is 296 g/mol. The minimum atomic E-state index is -0.277. The van der Waals surface area contributed by atoms with Gasteiger partial charge in [-0.2, -0.15) is 5.10 Å². The zero-order valence-electron chi connectivity index (χ0n) is 11.6. The predicted molar refractivity (Wildman–Crippen MR) is 79.9 cm³/mol. The molecule has 0 aliphatic carbocycles. The van der Waals surface area contributed by atoms with Gasteiger partial charge in [0.05, 0.1) is 18.4 Å². The first-order chi connectivity index (χ1) is 10.7. The largest absolute Gasteiger partial charge is 0.319 e. The molecule has 0 atom stereocenters. The number of nitrogens with one attached hydrogen (secondary N) is 1. The van der Waals surface area contributed by atoms with E-state index in [1.165, 1.54) is 12.3 Å². The van der Waals surface area contributed by atoms with Crippen LogP contribution in [-0.4, -0.2) is 20.7 Å². The maximum absolute atomic E-state index is 13.6. The van der Waals surface area contributed by atoms with E-state index in [1.807, 2.05) is 0 Å². The van der Waals surface area contributed by atoms with Crippen LogP contribution >= 0.6 is 0 Å². The van der Waals surface area contributed by atoms with Crippen LogP contribution in [0.2, 0.25) is 0 Å². The first kappa shape index (κ1) is 13.9. The van der Waals surface area contributed by atoms with Crippen molar-refractivity contribution in [3.63, 3.8) is 0 Å². The average Bonchev–Trinajstić information content (AvgIpc) is 2.97. The molecule has 3 aromatic rings. The van der Waals surface area contributed by atoms with Crippen molar-refractivity contribution < 1.29 is 9.18 Å². The van der Waals surface area contributed by atoms with E-state index in [2.05, 4.69) is 15.4 Å². The molecule has 110 valence electrons. The van der Waals surface area contributed by atoms with Gasteiger partial charge in [0.1, 0.15) is 5.82 Å². The fourth-order valence-electron chi connectivity index (χ4n) is 2.02. The summed E-state index contributed by atoms with van der Waals surface area (Å²) < 4.78 is 15.2. The Morgan fingerprint density at radius 2 is 1.95 bits per heavy atom. The minimum Gasteiger partial charge on any atom is -0.319 e. The number of carbonyl (C=O) groups excluding carboxylic acids is 1. The summed E-state index contributed by atoms with van der Waals surface area (Å²) in [5.74, 6) is -0.520. The van der Waals surface area contributed by atoms with Gasteiger partial charge in [-0.1, -0.05) is 18.2 Å². The van der Waals surface area contributed by atoms with Gasteiger partial charge in [0.25, 0.3) is 5.91 Å². The molecule has 0 spiro atoms. The molecule has 1 N–H and O–H groups in total. The SMILES string of the molecule is O=C(Nc1cnn(Cc2ccccc2F)c1)c1ccncc1. The van der Waals surface area contributed by atoms with Crippen molar-refractivity contribution in [1.82, 2.24) is 14.8 Å². The molecule has 22 heavy (non-hydrogen) atoms. The van der Waals surface area contributed by atoms with Gasteiger partial charge < -0.3 is 5.32 Å². The van der Waals surface area contributed by atoms with Crippen LogP contribution in [0.3, 0.4) is 0 Å². The number of aromatic nitrogens is 3. The Hall–Kier alpha value is -3.02. The van der Waals surface area contributed by atoms with Gasteiger partial charge in [-0.05, 0) is 18.2 Å². The smallest absolute Gasteiger partial charge is 0.255 e. The minimum absolute atomic E-state index is 0.243. The Kier molecular flexibility index (Phi) is 3.91. The Bertz CT molecular complexity index is 786. The second-order valence-electron chi connectivity index (χ2n) is 4.71. The van der Waals surface area contributed by atoms with E-state index >= 15 is 0 Å². The van der Waals surface area contributed by atoms with E-state index < -0.39 is 0 Å². The third kappa shape index (κ3) is 3.17. The van der Waals surface area contributed by atoms with Crippen molar-refractivity contribution >= 4 is 11.6 Å². The van der Waals surface area contributed by atoms with Gasteiger partial charge in [-0.25, -0.2) is 4.39 Å². The Labute approximate surface area is 126 Å². The van der Waals surface area contributed by atoms with E-state index in [0.717, 1.165) is 0 Å². The van der Waals surface area contributed by atoms with Gasteiger partial charge in [0.2, 0.25) is 0 Å². The van der Waals surface area contributed by atoms with Crippen LogP contribution in [0, 0.1) is 5.82 Å². The third-order valence-corrected chi connectivity index (χ3v) is 3.12. The molecule has 0 fully saturated rings. The maximum atomic E-state index is 13.6. The summed E-state index contributed by atoms with van der Waals surface area (Å²) >= 11 is 0. The normalized spacial score (nSPS) is 10.4. The number of amides is 1. The first-order valence-corrected chi connectivity index (χ1v) is 6.69. The highest BCUT2D eigenvalue weighted by molar-refractivity contribution is 6.03. The molecule has 0 unspecified atom stereocenters. The molecule has 0 radical (unpaired) electrons. The highest BCUT2D eigenvalue weighted by atomic mass is 19.1. The van der Waals surface area contributed by atoms with E-state index in [4.69, 9.17) is 0 Å². The van der Waals surface area contributed by atoms with E-state index in [0.29, 0.717) is 23.4 Å². The van der Waals surface area contributed by atoms with Crippen molar-refractivity contribution in [2.45, 2.75) is 6.54 Å². The maximum Gasteiger partial charge on any atom is 0.255 e. The Morgan fingerprint density at radius 1 is 1.18 bits per heavy atom. The summed E-state index contributed by atoms with van der Waals surface area (Å²) in [6.45, 7) is 0.303. The summed E-state index contributed by atoms with van der Waals surface area (Å²) in [6.07, 6.45) is 6.29. The molecule has 0 saturated heterocycles. The number of hydrogen-bond donors (Lipinski definition) is 1. The number of benzene rings is 1. The number of carbonyl (C=O) groups is 1. The number of rotatable bonds is 4. The predicted octanol–water partition coefficient (Wildman–Crippen LogP) is 2.72. The highest BCUT2D eigenvalue weighted by Crippen LogP contribution is 2.12. The second kappa shape index (κ2) is 6.17. The zero-order valence-corrected chi connectivity index (χ0v) is 11.6. The quantitative estimate of drug-likeness (QED) is 0.805. The lowest BCUT2D eigenvalue weighted by molar-refractivity contribution is 0.102. The van der Waals surface area contributed by atoms with Crippen molar-refractivity contribution in [3.05, 3.63) is 78.1 Å². The van der Waals surface area contributed by atoms with Crippen LogP contribution in [-0.2, 0) is 6.54 Å². The summed E-state index contributed by atoms with van der Waals surface area (Å²) in [6, 6.07) is 9.77. The van der Waals surface area contributed by atoms with Crippen molar-refractivity contribution in [3.8, 4) is 0 Å². The van der Waals surface area contributed by atoms with Gasteiger partial charge >= 0.3 is 0 Å². The Balaban J connectivity index is 1.69. The van der Waals surface area contributed by atoms with Gasteiger partial charge in [0, 0.05) is 29.7 Å². The van der Waals surface area contributed by atoms with Crippen molar-refractivity contribution in [1.29, 1.82) is 0 Å². The monoisotopic (exact) mass is 296 g/mol. The molecule has 0 bridgehead atoms. The fourth-order valence-corrected chi connectivity index (χ4v) is 2.02. The van der Waals surface area contributed by atoms with Crippen LogP contribution in [0.1, 0.15) is 15.9 Å². The molecule has 2 aromatic heterocycles. The number of halogens is 1. The van der Waals surface area contributed by atoms with Crippen LogP contribution in [0.5, 0.6) is 0 Å². The molecule has 0 aliphatic heterocycles. The lowest BCUT2D eigenvalue weighted by Crippen LogP contribution is -2.11. The molecular weight excluding hydrogens is 283 g/mol. The van der Waals surface area contributed by atoms with Gasteiger partial charge in [-0.3, -0.25) is 14.5 Å². The van der Waals surface area contributed by atoms with E-state index in [1.54, 1.807) is 53.6 Å². The van der Waals surface area contributed by atoms with Crippen LogP contribution in [0.25, 0.3) is 0 Å². The fraction of sp³-hybridized carbons (Fsp3) is 0.0625. The molecule has 3 rings (SSSR count). The van der Waals surface area contributed by atoms with Crippen molar-refractivity contribution in [2.24, 2.45) is 0 Å². The number of nitrogens with zero attached hydrogens (tertiary/aromatic N) is 3. The van der Waals surface area contributed by atoms with Crippen LogP contribution in [0.4, 0.5) is 10.1 Å². The molecule has 2 heterocycles. The molecule has 0 aliphatic rings. The molecule has 0 saturated carbocycles. The molecular formula is C16H13FN4O. The topological polar surface area (TPSA) is 59.8 Å². The zero-order chi connectivity index (χ0) is 15.4. The summed E-state index contributed by atoms with van der Waals surface area (Å²) in [4.78, 5) is 15.9. The summed E-state index contributed by atoms with van der Waals surface area (Å²) in [5, 5.41) is 6.86. The first-order valence-electron chi connectivity index (χ1n) is 6.69.